The van der Waals surface area contributed by atoms with Gasteiger partial charge in [-0.05, 0) is 11.1 Å². The van der Waals surface area contributed by atoms with Crippen LogP contribution in [0, 0.1) is 10.1 Å². The number of nitrogens with zero attached hydrogens (tertiary/aromatic N) is 2. The highest BCUT2D eigenvalue weighted by atomic mass is 127. The number of benzene rings is 2. The number of hydrogen-bond acceptors (Lipinski definition) is 5. The summed E-state index contributed by atoms with van der Waals surface area (Å²) in [5.74, 6) is 0.616. The highest BCUT2D eigenvalue weighted by Crippen LogP contribution is 2.11. The van der Waals surface area contributed by atoms with Gasteiger partial charge in [-0.25, -0.2) is 4.99 Å². The first kappa shape index (κ1) is 23.8. The predicted octanol–water partition coefficient (Wildman–Crippen LogP) is 2.46. The summed E-state index contributed by atoms with van der Waals surface area (Å²) < 4.78 is 5.24. The van der Waals surface area contributed by atoms with Gasteiger partial charge in [-0.3, -0.25) is 10.1 Å². The van der Waals surface area contributed by atoms with Gasteiger partial charge < -0.3 is 20.5 Å². The summed E-state index contributed by atoms with van der Waals surface area (Å²) in [5.41, 5.74) is 2.06. The Morgan fingerprint density at radius 2 is 1.75 bits per heavy atom. The predicted molar refractivity (Wildman–Crippen MR) is 119 cm³/mol. The molecule has 0 unspecified atom stereocenters. The molecule has 9 heteroatoms. The van der Waals surface area contributed by atoms with Crippen LogP contribution in [0.25, 0.3) is 0 Å². The maximum absolute atomic E-state index is 10.7. The molecule has 0 spiro atoms. The number of guanidine groups is 1. The minimum Gasteiger partial charge on any atom is -0.394 e. The van der Waals surface area contributed by atoms with Gasteiger partial charge in [0.25, 0.3) is 5.69 Å². The van der Waals surface area contributed by atoms with Crippen LogP contribution in [0.5, 0.6) is 0 Å². The van der Waals surface area contributed by atoms with E-state index in [-0.39, 0.29) is 36.3 Å². The summed E-state index contributed by atoms with van der Waals surface area (Å²) in [6.45, 7) is 2.29. The van der Waals surface area contributed by atoms with Crippen LogP contribution in [0.15, 0.2) is 59.6 Å². The molecule has 0 saturated carbocycles. The van der Waals surface area contributed by atoms with E-state index in [4.69, 9.17) is 9.84 Å². The molecule has 0 saturated heterocycles. The minimum atomic E-state index is -0.419. The van der Waals surface area contributed by atoms with Crippen molar-refractivity contribution in [3.05, 3.63) is 75.8 Å². The number of nitro benzene ring substituents is 1. The molecule has 0 amide bonds. The number of nitro groups is 1. The van der Waals surface area contributed by atoms with Gasteiger partial charge in [0.05, 0.1) is 31.3 Å². The first-order valence-corrected chi connectivity index (χ1v) is 8.67. The molecule has 0 aromatic heterocycles. The Bertz CT molecular complexity index is 726. The zero-order valence-electron chi connectivity index (χ0n) is 15.4. The number of aliphatic hydroxyl groups excluding tert-OH is 1. The monoisotopic (exact) mass is 500 g/mol. The molecule has 2 aromatic carbocycles. The van der Waals surface area contributed by atoms with E-state index in [9.17, 15) is 10.1 Å². The van der Waals surface area contributed by atoms with Crippen LogP contribution in [0.1, 0.15) is 11.1 Å². The lowest BCUT2D eigenvalue weighted by molar-refractivity contribution is -0.384. The number of nitrogens with one attached hydrogen (secondary N) is 2. The largest absolute Gasteiger partial charge is 0.394 e. The van der Waals surface area contributed by atoms with Gasteiger partial charge in [-0.1, -0.05) is 42.5 Å². The van der Waals surface area contributed by atoms with E-state index in [1.54, 1.807) is 12.1 Å². The maximum atomic E-state index is 10.7. The third-order valence-corrected chi connectivity index (χ3v) is 3.64. The van der Waals surface area contributed by atoms with Crippen molar-refractivity contribution in [1.29, 1.82) is 0 Å². The molecule has 8 nitrogen and oxygen atoms in total. The molecular formula is C19H25IN4O4. The summed E-state index contributed by atoms with van der Waals surface area (Å²) in [6, 6.07) is 16.3. The number of ether oxygens (including phenoxy) is 1. The second kappa shape index (κ2) is 13.9. The van der Waals surface area contributed by atoms with Crippen molar-refractivity contribution in [3.8, 4) is 0 Å². The number of aliphatic imine (C=N–C) groups is 1. The fourth-order valence-corrected chi connectivity index (χ4v) is 2.26. The molecule has 2 aromatic rings. The normalized spacial score (nSPS) is 10.8. The Hall–Kier alpha value is -2.24. The smallest absolute Gasteiger partial charge is 0.269 e. The van der Waals surface area contributed by atoms with Crippen LogP contribution in [-0.4, -0.2) is 42.4 Å². The van der Waals surface area contributed by atoms with E-state index in [1.165, 1.54) is 12.1 Å². The molecule has 0 aliphatic carbocycles. The average Bonchev–Trinajstić information content (AvgIpc) is 2.70. The highest BCUT2D eigenvalue weighted by molar-refractivity contribution is 14.0. The van der Waals surface area contributed by atoms with Crippen LogP contribution in [0.4, 0.5) is 5.69 Å². The Kier molecular flexibility index (Phi) is 11.8. The first-order valence-electron chi connectivity index (χ1n) is 8.67. The molecule has 152 valence electrons. The average molecular weight is 500 g/mol. The van der Waals surface area contributed by atoms with Crippen molar-refractivity contribution in [2.24, 2.45) is 4.99 Å². The van der Waals surface area contributed by atoms with E-state index < -0.39 is 4.92 Å². The molecule has 0 atom stereocenters. The molecule has 0 fully saturated rings. The van der Waals surface area contributed by atoms with E-state index in [1.807, 2.05) is 30.3 Å². The standard InChI is InChI=1S/C19H24N4O4.HI/c24-11-13-27-12-10-20-19(21-14-16-4-2-1-3-5-16)22-15-17-6-8-18(9-7-17)23(25)26;/h1-9,24H,10-15H2,(H2,20,21,22);1H. The molecule has 28 heavy (non-hydrogen) atoms. The van der Waals surface area contributed by atoms with Gasteiger partial charge in [0.2, 0.25) is 0 Å². The summed E-state index contributed by atoms with van der Waals surface area (Å²) in [6.07, 6.45) is 0. The number of non-ortho nitro benzene ring substituents is 1. The van der Waals surface area contributed by atoms with Gasteiger partial charge in [-0.2, -0.15) is 0 Å². The van der Waals surface area contributed by atoms with Crippen LogP contribution < -0.4 is 10.6 Å². The summed E-state index contributed by atoms with van der Waals surface area (Å²) in [5, 5.41) is 25.8. The van der Waals surface area contributed by atoms with Crippen LogP contribution in [0.2, 0.25) is 0 Å². The van der Waals surface area contributed by atoms with Crippen molar-refractivity contribution in [2.45, 2.75) is 13.1 Å². The van der Waals surface area contributed by atoms with Crippen LogP contribution >= 0.6 is 24.0 Å². The minimum absolute atomic E-state index is 0. The zero-order valence-corrected chi connectivity index (χ0v) is 17.7. The summed E-state index contributed by atoms with van der Waals surface area (Å²) in [7, 11) is 0. The Morgan fingerprint density at radius 1 is 1.04 bits per heavy atom. The lowest BCUT2D eigenvalue weighted by Crippen LogP contribution is -2.38. The molecule has 0 bridgehead atoms. The zero-order chi connectivity index (χ0) is 19.3. The second-order valence-corrected chi connectivity index (χ2v) is 5.69. The van der Waals surface area contributed by atoms with Crippen molar-refractivity contribution in [2.75, 3.05) is 26.4 Å². The fraction of sp³-hybridized carbons (Fsp3) is 0.316. The van der Waals surface area contributed by atoms with Crippen molar-refractivity contribution < 1.29 is 14.8 Å². The van der Waals surface area contributed by atoms with Crippen molar-refractivity contribution in [3.63, 3.8) is 0 Å². The molecule has 3 N–H and O–H groups in total. The number of aliphatic hydroxyl groups is 1. The second-order valence-electron chi connectivity index (χ2n) is 5.69. The first-order chi connectivity index (χ1) is 13.2. The highest BCUT2D eigenvalue weighted by Gasteiger charge is 2.05. The van der Waals surface area contributed by atoms with E-state index in [0.29, 0.717) is 38.8 Å². The summed E-state index contributed by atoms with van der Waals surface area (Å²) in [4.78, 5) is 14.9. The maximum Gasteiger partial charge on any atom is 0.269 e. The van der Waals surface area contributed by atoms with Gasteiger partial charge in [-0.15, -0.1) is 24.0 Å². The number of hydrogen-bond donors (Lipinski definition) is 3. The van der Waals surface area contributed by atoms with Gasteiger partial charge >= 0.3 is 0 Å². The third-order valence-electron chi connectivity index (χ3n) is 3.64. The third kappa shape index (κ3) is 9.11. The fourth-order valence-electron chi connectivity index (χ4n) is 2.26. The van der Waals surface area contributed by atoms with Gasteiger partial charge in [0.15, 0.2) is 5.96 Å². The topological polar surface area (TPSA) is 109 Å². The van der Waals surface area contributed by atoms with E-state index >= 15 is 0 Å². The van der Waals surface area contributed by atoms with Crippen molar-refractivity contribution >= 4 is 35.6 Å². The molecular weight excluding hydrogens is 475 g/mol. The summed E-state index contributed by atoms with van der Waals surface area (Å²) >= 11 is 0. The molecule has 0 radical (unpaired) electrons. The van der Waals surface area contributed by atoms with Gasteiger partial charge in [0, 0.05) is 25.2 Å². The molecule has 0 aliphatic rings. The molecule has 0 heterocycles. The Balaban J connectivity index is 0.00000392. The lowest BCUT2D eigenvalue weighted by atomic mass is 10.2. The number of rotatable bonds is 10. The van der Waals surface area contributed by atoms with E-state index in [0.717, 1.165) is 11.1 Å². The molecule has 2 rings (SSSR count). The van der Waals surface area contributed by atoms with E-state index in [2.05, 4.69) is 15.6 Å². The van der Waals surface area contributed by atoms with Gasteiger partial charge in [0.1, 0.15) is 0 Å². The Labute approximate surface area is 181 Å². The number of halogens is 1. The van der Waals surface area contributed by atoms with Crippen molar-refractivity contribution in [1.82, 2.24) is 10.6 Å². The van der Waals surface area contributed by atoms with Crippen LogP contribution in [0.3, 0.4) is 0 Å². The van der Waals surface area contributed by atoms with Crippen LogP contribution in [-0.2, 0) is 17.8 Å². The molecule has 0 aliphatic heterocycles. The quantitative estimate of drug-likeness (QED) is 0.116. The SMILES string of the molecule is I.O=[N+]([O-])c1ccc(CNC(=NCc2ccccc2)NCCOCCO)cc1. The Morgan fingerprint density at radius 3 is 2.39 bits per heavy atom. The lowest BCUT2D eigenvalue weighted by Gasteiger charge is -2.13.